The number of carbonyl (C=O) groups is 2. The Morgan fingerprint density at radius 3 is 2.30 bits per heavy atom. The van der Waals surface area contributed by atoms with E-state index < -0.39 is 0 Å². The smallest absolute Gasteiger partial charge is 0.254 e. The molecule has 5 heterocycles. The summed E-state index contributed by atoms with van der Waals surface area (Å²) in [5, 5.41) is 17.5. The second-order valence-electron chi connectivity index (χ2n) is 14.6. The minimum absolute atomic E-state index is 0.113. The molecule has 0 spiro atoms. The maximum absolute atomic E-state index is 12.8. The van der Waals surface area contributed by atoms with E-state index in [1.807, 2.05) is 34.2 Å². The summed E-state index contributed by atoms with van der Waals surface area (Å²) < 4.78 is 21.6. The second kappa shape index (κ2) is 27.1. The molecule has 1 fully saturated rings. The highest BCUT2D eigenvalue weighted by atomic mass is 16.6. The van der Waals surface area contributed by atoms with Crippen molar-refractivity contribution in [2.45, 2.75) is 32.6 Å². The summed E-state index contributed by atoms with van der Waals surface area (Å²) in [5.74, 6) is 1.38. The Hall–Kier alpha value is -6.17. The fourth-order valence-corrected chi connectivity index (χ4v) is 6.41. The van der Waals surface area contributed by atoms with Crippen LogP contribution in [0.15, 0.2) is 60.0 Å². The average Bonchev–Trinajstić information content (AvgIpc) is 3.80. The molecule has 4 aromatic rings. The molecule has 0 radical (unpaired) electrons. The van der Waals surface area contributed by atoms with Crippen LogP contribution in [-0.4, -0.2) is 164 Å². The number of aliphatic imine (C=N–C) groups is 1. The van der Waals surface area contributed by atoms with Crippen LogP contribution in [0.1, 0.15) is 54.1 Å². The number of quaternary nitrogens is 1. The van der Waals surface area contributed by atoms with Crippen LogP contribution in [-0.2, 0) is 23.7 Å². The third-order valence-corrected chi connectivity index (χ3v) is 10.1. The molecule has 0 saturated carbocycles. The van der Waals surface area contributed by atoms with Gasteiger partial charge in [-0.05, 0) is 37.0 Å². The second-order valence-corrected chi connectivity index (χ2v) is 14.6. The number of carbonyl (C=O) groups excluding carboxylic acids is 2. The highest BCUT2D eigenvalue weighted by Gasteiger charge is 2.22. The monoisotopic (exact) mass is 888 g/mol. The van der Waals surface area contributed by atoms with Crippen molar-refractivity contribution in [3.05, 3.63) is 71.7 Å². The Labute approximate surface area is 372 Å². The van der Waals surface area contributed by atoms with Gasteiger partial charge in [-0.1, -0.05) is 6.92 Å². The van der Waals surface area contributed by atoms with Crippen LogP contribution in [0, 0.1) is 5.41 Å². The molecule has 0 aromatic carbocycles. The maximum atomic E-state index is 12.8. The molecule has 12 N–H and O–H groups in total. The van der Waals surface area contributed by atoms with Crippen LogP contribution in [0.25, 0.3) is 11.0 Å². The van der Waals surface area contributed by atoms with E-state index >= 15 is 0 Å². The van der Waals surface area contributed by atoms with Crippen LogP contribution >= 0.6 is 0 Å². The zero-order chi connectivity index (χ0) is 45.4. The lowest BCUT2D eigenvalue weighted by Gasteiger charge is -2.35. The molecule has 346 valence electrons. The van der Waals surface area contributed by atoms with E-state index in [4.69, 9.17) is 41.6 Å². The molecule has 64 heavy (non-hydrogen) atoms. The van der Waals surface area contributed by atoms with Gasteiger partial charge in [0, 0.05) is 94.2 Å². The van der Waals surface area contributed by atoms with Gasteiger partial charge >= 0.3 is 0 Å². The van der Waals surface area contributed by atoms with E-state index in [2.05, 4.69) is 45.5 Å². The summed E-state index contributed by atoms with van der Waals surface area (Å²) in [6.07, 6.45) is 12.1. The first-order chi connectivity index (χ1) is 31.3. The molecule has 1 aliphatic heterocycles. The minimum Gasteiger partial charge on any atom is -0.383 e. The van der Waals surface area contributed by atoms with Gasteiger partial charge in [0.25, 0.3) is 5.91 Å². The molecule has 2 amide bonds. The number of hydrogen-bond donors (Lipinski definition) is 8. The number of rotatable bonds is 28. The fraction of sp³-hybridized carbons (Fsp3) is 0.500. The van der Waals surface area contributed by atoms with Crippen molar-refractivity contribution in [3.8, 4) is 0 Å². The lowest BCUT2D eigenvalue weighted by molar-refractivity contribution is -0.575. The summed E-state index contributed by atoms with van der Waals surface area (Å²) in [5.41, 5.74) is 21.2. The van der Waals surface area contributed by atoms with E-state index in [1.54, 1.807) is 18.6 Å². The molecule has 1 aliphatic rings. The Kier molecular flexibility index (Phi) is 20.7. The van der Waals surface area contributed by atoms with E-state index in [-0.39, 0.29) is 29.8 Å². The Morgan fingerprint density at radius 2 is 1.59 bits per heavy atom. The van der Waals surface area contributed by atoms with Gasteiger partial charge in [-0.3, -0.25) is 20.3 Å². The topological polar surface area (TPSA) is 313 Å². The number of aromatic amines is 1. The van der Waals surface area contributed by atoms with Gasteiger partial charge < -0.3 is 61.6 Å². The molecule has 0 unspecified atom stereocenters. The molecule has 22 nitrogen and oxygen atoms in total. The van der Waals surface area contributed by atoms with Crippen molar-refractivity contribution in [2.24, 2.45) is 16.5 Å². The summed E-state index contributed by atoms with van der Waals surface area (Å²) in [6, 6.07) is 3.78. The Bertz CT molecular complexity index is 2120. The van der Waals surface area contributed by atoms with E-state index in [9.17, 15) is 9.59 Å². The number of ether oxygens (including phenoxy) is 4. The van der Waals surface area contributed by atoms with Crippen molar-refractivity contribution in [2.75, 3.05) is 116 Å². The number of piperazine rings is 1. The van der Waals surface area contributed by atoms with E-state index in [0.717, 1.165) is 29.4 Å². The van der Waals surface area contributed by atoms with Crippen LogP contribution in [0.5, 0.6) is 0 Å². The third-order valence-electron chi connectivity index (χ3n) is 10.1. The van der Waals surface area contributed by atoms with Gasteiger partial charge in [0.05, 0.1) is 70.7 Å². The number of nitrogens with zero attached hydrogens (tertiary/aromatic N) is 8. The minimum atomic E-state index is -0.249. The molecule has 0 bridgehead atoms. The Morgan fingerprint density at radius 1 is 0.906 bits per heavy atom. The number of aromatic nitrogens is 6. The van der Waals surface area contributed by atoms with Gasteiger partial charge in [0.2, 0.25) is 17.7 Å². The first-order valence-corrected chi connectivity index (χ1v) is 21.6. The molecule has 0 atom stereocenters. The number of nitrogen functional groups attached to an aromatic ring is 1. The van der Waals surface area contributed by atoms with Crippen molar-refractivity contribution in [1.29, 1.82) is 5.41 Å². The van der Waals surface area contributed by atoms with Gasteiger partial charge in [0.15, 0.2) is 5.96 Å². The number of anilines is 2. The molecule has 22 heteroatoms. The largest absolute Gasteiger partial charge is 0.383 e. The van der Waals surface area contributed by atoms with Crippen LogP contribution < -0.4 is 38.1 Å². The van der Waals surface area contributed by atoms with Crippen molar-refractivity contribution in [1.82, 2.24) is 45.4 Å². The van der Waals surface area contributed by atoms with Crippen molar-refractivity contribution in [3.63, 3.8) is 0 Å². The van der Waals surface area contributed by atoms with Gasteiger partial charge in [0.1, 0.15) is 23.4 Å². The summed E-state index contributed by atoms with van der Waals surface area (Å²) in [7, 11) is 0. The first kappa shape index (κ1) is 48.9. The van der Waals surface area contributed by atoms with Crippen LogP contribution in [0.4, 0.5) is 17.6 Å². The number of fused-ring (bicyclic) bond motifs is 1. The number of H-pyrrole nitrogens is 1. The summed E-state index contributed by atoms with van der Waals surface area (Å²) in [4.78, 5) is 58.6. The number of nitrogens with two attached hydrogens (primary N) is 4. The number of guanidine groups is 1. The van der Waals surface area contributed by atoms with Gasteiger partial charge in [-0.25, -0.2) is 24.9 Å². The van der Waals surface area contributed by atoms with E-state index in [1.165, 1.54) is 18.7 Å². The number of nitrogens with one attached hydrogen (secondary N) is 4. The lowest BCUT2D eigenvalue weighted by Crippen LogP contribution is -2.79. The fourth-order valence-electron chi connectivity index (χ4n) is 6.41. The quantitative estimate of drug-likeness (QED) is 0.0208. The molecular weight excluding hydrogens is 825 g/mol. The number of amides is 2. The van der Waals surface area contributed by atoms with Crippen LogP contribution in [0.2, 0.25) is 0 Å². The SMILES string of the molecule is CC/C(=C\N=C(N)N1CCN(c2ncc(C(=O)NCCCC[NH2+]c3ncnc(N)c3C(=N)c3cnc4[nH]ccc4c3)cn2)CC1)CNC(=O)CCOCCOCCOCCOCCN. The zero-order valence-electron chi connectivity index (χ0n) is 36.6. The van der Waals surface area contributed by atoms with Crippen LogP contribution in [0.3, 0.4) is 0 Å². The molecule has 0 aliphatic carbocycles. The highest BCUT2D eigenvalue weighted by Crippen LogP contribution is 2.20. The highest BCUT2D eigenvalue weighted by molar-refractivity contribution is 6.16. The number of hydrogen-bond acceptors (Lipinski definition) is 16. The summed E-state index contributed by atoms with van der Waals surface area (Å²) >= 11 is 0. The summed E-state index contributed by atoms with van der Waals surface area (Å²) in [6.45, 7) is 10.1. The number of unbranched alkanes of at least 4 members (excludes halogenated alkanes) is 1. The lowest BCUT2D eigenvalue weighted by atomic mass is 10.0. The normalized spacial score (nSPS) is 13.4. The van der Waals surface area contributed by atoms with Crippen molar-refractivity contribution < 1.29 is 33.9 Å². The third kappa shape index (κ3) is 15.9. The standard InChI is InChI=1S/C42H62N16O6/c1-2-30(24-50-34(59)6-15-61-17-19-63-21-22-64-20-18-62-16-7-43)25-52-41(46)57-11-13-58(14-12-57)42-53-27-33(28-54-42)40(60)49-9-4-3-8-47-39-35(37(45)55-29-56-39)36(44)32-23-31-5-10-48-38(31)51-26-32/h5,10,23,25-29,44H,2-4,6-9,11-22,24,43H2,1H3,(H2,46,52)(H,48,51)(H,49,60)(H,50,59)(H3,45,47,55,56)/p+1/b30-25+,44-36?. The predicted molar refractivity (Wildman–Crippen MR) is 242 cm³/mol. The average molecular weight is 888 g/mol. The van der Waals surface area contributed by atoms with E-state index in [0.29, 0.717) is 146 Å². The molecule has 4 aromatic heterocycles. The first-order valence-electron chi connectivity index (χ1n) is 21.6. The molecule has 5 rings (SSSR count). The van der Waals surface area contributed by atoms with Gasteiger partial charge in [-0.2, -0.15) is 4.98 Å². The molecule has 1 saturated heterocycles. The Balaban J connectivity index is 0.930. The van der Waals surface area contributed by atoms with Crippen molar-refractivity contribution >= 4 is 52.1 Å². The zero-order valence-corrected chi connectivity index (χ0v) is 36.6. The molecular formula is C42H63N16O6+. The predicted octanol–water partition coefficient (Wildman–Crippen LogP) is -0.192. The number of pyridine rings is 1. The van der Waals surface area contributed by atoms with Gasteiger partial charge in [-0.15, -0.1) is 0 Å². The maximum Gasteiger partial charge on any atom is 0.254 e.